The Balaban J connectivity index is 1.42. The van der Waals surface area contributed by atoms with E-state index in [0.717, 1.165) is 24.0 Å². The number of carbonyl (C=O) groups excluding carboxylic acids is 1. The number of benzene rings is 1. The van der Waals surface area contributed by atoms with Crippen LogP contribution in [-0.4, -0.2) is 23.3 Å². The highest BCUT2D eigenvalue weighted by atomic mass is 32.1. The van der Waals surface area contributed by atoms with Crippen LogP contribution < -0.4 is 5.32 Å². The molecule has 160 valence electrons. The lowest BCUT2D eigenvalue weighted by atomic mass is 9.95. The third-order valence-electron chi connectivity index (χ3n) is 5.77. The summed E-state index contributed by atoms with van der Waals surface area (Å²) in [6.07, 6.45) is 7.81. The van der Waals surface area contributed by atoms with Gasteiger partial charge in [-0.15, -0.1) is 11.3 Å². The van der Waals surface area contributed by atoms with Crippen molar-refractivity contribution in [3.8, 4) is 0 Å². The molecule has 6 heteroatoms. The molecule has 0 radical (unpaired) electrons. The molecule has 0 spiro atoms. The van der Waals surface area contributed by atoms with Crippen LogP contribution in [0, 0.1) is 0 Å². The lowest BCUT2D eigenvalue weighted by molar-refractivity contribution is -0.150. The minimum atomic E-state index is -0.480. The fourth-order valence-electron chi connectivity index (χ4n) is 4.05. The maximum absolute atomic E-state index is 12.9. The number of aliphatic hydroxyl groups is 1. The summed E-state index contributed by atoms with van der Waals surface area (Å²) in [6.45, 7) is 0.421. The molecule has 2 N–H and O–H groups in total. The van der Waals surface area contributed by atoms with E-state index < -0.39 is 6.29 Å². The Morgan fingerprint density at radius 3 is 2.60 bits per heavy atom. The molecule has 5 nitrogen and oxygen atoms in total. The van der Waals surface area contributed by atoms with Crippen LogP contribution in [0.3, 0.4) is 0 Å². The van der Waals surface area contributed by atoms with Crippen molar-refractivity contribution >= 4 is 17.2 Å². The number of amides is 1. The molecule has 0 bridgehead atoms. The molecule has 2 aliphatic rings. The Morgan fingerprint density at radius 1 is 1.13 bits per heavy atom. The van der Waals surface area contributed by atoms with Gasteiger partial charge >= 0.3 is 0 Å². The zero-order valence-corrected chi connectivity index (χ0v) is 17.9. The molecule has 1 aromatic heterocycles. The Bertz CT molecular complexity index is 841. The van der Waals surface area contributed by atoms with E-state index in [-0.39, 0.29) is 24.5 Å². The van der Waals surface area contributed by atoms with Crippen LogP contribution in [-0.2, 0) is 27.5 Å². The molecule has 1 aliphatic heterocycles. The van der Waals surface area contributed by atoms with Crippen molar-refractivity contribution < 1.29 is 19.4 Å². The van der Waals surface area contributed by atoms with Gasteiger partial charge in [-0.3, -0.25) is 4.79 Å². The summed E-state index contributed by atoms with van der Waals surface area (Å²) in [7, 11) is 0. The highest BCUT2D eigenvalue weighted by molar-refractivity contribution is 7.10. The Hall–Kier alpha value is -2.15. The Kier molecular flexibility index (Phi) is 7.20. The summed E-state index contributed by atoms with van der Waals surface area (Å²) in [4.78, 5) is 14.1. The molecule has 2 heterocycles. The quantitative estimate of drug-likeness (QED) is 0.677. The predicted molar refractivity (Wildman–Crippen MR) is 117 cm³/mol. The zero-order chi connectivity index (χ0) is 20.8. The molecule has 2 aromatic rings. The number of thiophene rings is 1. The number of ether oxygens (including phenoxy) is 2. The third kappa shape index (κ3) is 5.50. The smallest absolute Gasteiger partial charge is 0.286 e. The van der Waals surface area contributed by atoms with Crippen molar-refractivity contribution in [2.45, 2.75) is 70.0 Å². The largest absolute Gasteiger partial charge is 0.459 e. The average Bonchev–Trinajstić information content (AvgIpc) is 3.34. The van der Waals surface area contributed by atoms with Gasteiger partial charge in [0, 0.05) is 23.3 Å². The molecule has 1 amide bonds. The molecule has 4 rings (SSSR count). The second-order valence-corrected chi connectivity index (χ2v) is 9.01. The van der Waals surface area contributed by atoms with Crippen molar-refractivity contribution in [1.82, 2.24) is 5.32 Å². The first-order valence-corrected chi connectivity index (χ1v) is 11.6. The fourth-order valence-corrected chi connectivity index (χ4v) is 4.86. The van der Waals surface area contributed by atoms with Gasteiger partial charge in [0.1, 0.15) is 0 Å². The van der Waals surface area contributed by atoms with E-state index in [1.165, 1.54) is 24.1 Å². The minimum Gasteiger partial charge on any atom is -0.459 e. The number of carbonyl (C=O) groups is 1. The van der Waals surface area contributed by atoms with Gasteiger partial charge in [-0.1, -0.05) is 49.6 Å². The molecule has 1 fully saturated rings. The molecular formula is C24H29NO4S. The molecular weight excluding hydrogens is 398 g/mol. The van der Waals surface area contributed by atoms with Crippen LogP contribution in [0.15, 0.2) is 53.6 Å². The monoisotopic (exact) mass is 427 g/mol. The van der Waals surface area contributed by atoms with Crippen molar-refractivity contribution in [1.29, 1.82) is 0 Å². The van der Waals surface area contributed by atoms with E-state index in [2.05, 4.69) is 16.8 Å². The van der Waals surface area contributed by atoms with E-state index in [1.807, 2.05) is 36.4 Å². The van der Waals surface area contributed by atoms with Crippen molar-refractivity contribution in [3.05, 3.63) is 69.6 Å². The molecule has 1 aliphatic carbocycles. The predicted octanol–water partition coefficient (Wildman–Crippen LogP) is 4.62. The number of nitrogens with one attached hydrogen (secondary N) is 1. The van der Waals surface area contributed by atoms with E-state index in [9.17, 15) is 9.90 Å². The van der Waals surface area contributed by atoms with Gasteiger partial charge in [0.25, 0.3) is 5.91 Å². The SMILES string of the molecule is O=C(NC1CCCCC1)C1=C[C@@H](c2cccs2)C[C@@H](OCc2ccc(CO)cc2)O1. The number of allylic oxidation sites excluding steroid dienone is 1. The van der Waals surface area contributed by atoms with Gasteiger partial charge < -0.3 is 19.9 Å². The summed E-state index contributed by atoms with van der Waals surface area (Å²) in [5.74, 6) is 0.336. The van der Waals surface area contributed by atoms with E-state index in [4.69, 9.17) is 9.47 Å². The minimum absolute atomic E-state index is 0.0274. The number of hydrogen-bond acceptors (Lipinski definition) is 5. The van der Waals surface area contributed by atoms with Crippen LogP contribution in [0.2, 0.25) is 0 Å². The number of hydrogen-bond donors (Lipinski definition) is 2. The summed E-state index contributed by atoms with van der Waals surface area (Å²) in [5, 5.41) is 14.4. The first kappa shape index (κ1) is 21.1. The molecule has 0 saturated heterocycles. The van der Waals surface area contributed by atoms with Gasteiger partial charge in [-0.2, -0.15) is 0 Å². The zero-order valence-electron chi connectivity index (χ0n) is 17.1. The summed E-state index contributed by atoms with van der Waals surface area (Å²) >= 11 is 1.69. The lowest BCUT2D eigenvalue weighted by Gasteiger charge is -2.30. The fraction of sp³-hybridized carbons (Fsp3) is 0.458. The lowest BCUT2D eigenvalue weighted by Crippen LogP contribution is -2.39. The van der Waals surface area contributed by atoms with Crippen LogP contribution in [0.1, 0.15) is 60.4 Å². The van der Waals surface area contributed by atoms with Crippen LogP contribution in [0.25, 0.3) is 0 Å². The molecule has 1 aromatic carbocycles. The van der Waals surface area contributed by atoms with Gasteiger partial charge in [-0.05, 0) is 41.5 Å². The van der Waals surface area contributed by atoms with Crippen LogP contribution in [0.4, 0.5) is 0 Å². The maximum atomic E-state index is 12.9. The normalized spacial score (nSPS) is 22.2. The van der Waals surface area contributed by atoms with Crippen molar-refractivity contribution in [3.63, 3.8) is 0 Å². The Labute approximate surface area is 181 Å². The number of rotatable bonds is 7. The summed E-state index contributed by atoms with van der Waals surface area (Å²) in [5.41, 5.74) is 1.88. The number of aliphatic hydroxyl groups excluding tert-OH is 1. The molecule has 2 atom stereocenters. The summed E-state index contributed by atoms with van der Waals surface area (Å²) < 4.78 is 12.0. The van der Waals surface area contributed by atoms with Gasteiger partial charge in [0.2, 0.25) is 6.29 Å². The maximum Gasteiger partial charge on any atom is 0.286 e. The van der Waals surface area contributed by atoms with Crippen molar-refractivity contribution in [2.75, 3.05) is 0 Å². The topological polar surface area (TPSA) is 67.8 Å². The highest BCUT2D eigenvalue weighted by Crippen LogP contribution is 2.34. The van der Waals surface area contributed by atoms with E-state index in [1.54, 1.807) is 11.3 Å². The Morgan fingerprint density at radius 2 is 1.90 bits per heavy atom. The van der Waals surface area contributed by atoms with Gasteiger partial charge in [-0.25, -0.2) is 0 Å². The standard InChI is InChI=1S/C24H29NO4S/c26-15-17-8-10-18(11-9-17)16-28-23-14-19(22-7-4-12-30-22)13-21(29-23)24(27)25-20-5-2-1-3-6-20/h4,7-13,19-20,23,26H,1-3,5-6,14-16H2,(H,25,27)/t19-,23+/m1/s1. The average molecular weight is 428 g/mol. The third-order valence-corrected chi connectivity index (χ3v) is 6.78. The molecule has 30 heavy (non-hydrogen) atoms. The summed E-state index contributed by atoms with van der Waals surface area (Å²) in [6, 6.07) is 12.0. The van der Waals surface area contributed by atoms with Gasteiger partial charge in [0.05, 0.1) is 13.2 Å². The van der Waals surface area contributed by atoms with Crippen molar-refractivity contribution in [2.24, 2.45) is 0 Å². The van der Waals surface area contributed by atoms with Crippen LogP contribution in [0.5, 0.6) is 0 Å². The van der Waals surface area contributed by atoms with E-state index in [0.29, 0.717) is 18.8 Å². The molecule has 0 unspecified atom stereocenters. The van der Waals surface area contributed by atoms with E-state index >= 15 is 0 Å². The molecule has 1 saturated carbocycles. The van der Waals surface area contributed by atoms with Crippen LogP contribution >= 0.6 is 11.3 Å². The van der Waals surface area contributed by atoms with Gasteiger partial charge in [0.15, 0.2) is 5.76 Å². The first-order chi connectivity index (χ1) is 14.7. The second-order valence-electron chi connectivity index (χ2n) is 8.03. The highest BCUT2D eigenvalue weighted by Gasteiger charge is 2.30. The first-order valence-electron chi connectivity index (χ1n) is 10.7. The second kappa shape index (κ2) is 10.2.